The molecule has 0 aromatic carbocycles. The number of imidazole rings is 1. The summed E-state index contributed by atoms with van der Waals surface area (Å²) in [6, 6.07) is 0. The first-order chi connectivity index (χ1) is 8.29. The first-order valence-corrected chi connectivity index (χ1v) is 6.12. The molecular formula is C9H10N4O3S. The van der Waals surface area contributed by atoms with E-state index in [9.17, 15) is 4.79 Å². The van der Waals surface area contributed by atoms with Gasteiger partial charge in [0.1, 0.15) is 11.7 Å². The molecule has 3 heterocycles. The van der Waals surface area contributed by atoms with Crippen molar-refractivity contribution in [1.29, 1.82) is 0 Å². The van der Waals surface area contributed by atoms with Crippen LogP contribution in [0.5, 0.6) is 0 Å². The van der Waals surface area contributed by atoms with Crippen LogP contribution in [0.15, 0.2) is 17.4 Å². The van der Waals surface area contributed by atoms with E-state index in [0.29, 0.717) is 16.9 Å². The Hall–Kier alpha value is -1.38. The minimum absolute atomic E-state index is 0.0260. The molecule has 17 heavy (non-hydrogen) atoms. The monoisotopic (exact) mass is 254 g/mol. The fourth-order valence-electron chi connectivity index (χ4n) is 1.76. The Morgan fingerprint density at radius 1 is 1.65 bits per heavy atom. The summed E-state index contributed by atoms with van der Waals surface area (Å²) in [6.07, 6.45) is 2.64. The number of rotatable bonds is 2. The van der Waals surface area contributed by atoms with Gasteiger partial charge in [0, 0.05) is 5.75 Å². The zero-order chi connectivity index (χ0) is 11.8. The van der Waals surface area contributed by atoms with Crippen molar-refractivity contribution in [2.45, 2.75) is 11.7 Å². The number of H-pyrrole nitrogens is 1. The molecule has 0 aliphatic carbocycles. The molecule has 0 saturated carbocycles. The lowest BCUT2D eigenvalue weighted by Crippen LogP contribution is -2.15. The number of hydrogen-bond acceptors (Lipinski definition) is 6. The molecule has 1 fully saturated rings. The summed E-state index contributed by atoms with van der Waals surface area (Å²) in [5.41, 5.74) is 0.309. The molecule has 0 unspecified atom stereocenters. The number of nitrogens with zero attached hydrogens (tertiary/aromatic N) is 3. The highest BCUT2D eigenvalue weighted by Crippen LogP contribution is 2.32. The summed E-state index contributed by atoms with van der Waals surface area (Å²) < 4.78 is 7.30. The van der Waals surface area contributed by atoms with Crippen molar-refractivity contribution in [3.8, 4) is 0 Å². The highest BCUT2D eigenvalue weighted by molar-refractivity contribution is 8.00. The lowest BCUT2D eigenvalue weighted by atomic mass is 10.5. The number of aromatic nitrogens is 4. The molecule has 2 atom stereocenters. The zero-order valence-electron chi connectivity index (χ0n) is 8.74. The fraction of sp³-hybridized carbons (Fsp3) is 0.444. The van der Waals surface area contributed by atoms with E-state index >= 15 is 0 Å². The molecule has 90 valence electrons. The molecule has 0 radical (unpaired) electrons. The minimum atomic E-state index is -0.266. The van der Waals surface area contributed by atoms with Crippen molar-refractivity contribution in [3.05, 3.63) is 23.0 Å². The van der Waals surface area contributed by atoms with Crippen LogP contribution in [-0.4, -0.2) is 42.4 Å². The Morgan fingerprint density at radius 2 is 2.53 bits per heavy atom. The first-order valence-electron chi connectivity index (χ1n) is 5.07. The van der Waals surface area contributed by atoms with E-state index in [2.05, 4.69) is 15.0 Å². The van der Waals surface area contributed by atoms with E-state index in [4.69, 9.17) is 9.84 Å². The van der Waals surface area contributed by atoms with E-state index < -0.39 is 0 Å². The average molecular weight is 254 g/mol. The maximum atomic E-state index is 11.5. The van der Waals surface area contributed by atoms with Crippen molar-refractivity contribution in [2.75, 3.05) is 12.4 Å². The Labute approximate surface area is 99.8 Å². The minimum Gasteiger partial charge on any atom is -0.393 e. The lowest BCUT2D eigenvalue weighted by molar-refractivity contribution is -0.00191. The predicted molar refractivity (Wildman–Crippen MR) is 61.6 cm³/mol. The highest BCUT2D eigenvalue weighted by atomic mass is 32.2. The number of ether oxygens (including phenoxy) is 1. The molecule has 2 aromatic heterocycles. The summed E-state index contributed by atoms with van der Waals surface area (Å²) in [5, 5.41) is 9.00. The number of thioether (sulfide) groups is 1. The van der Waals surface area contributed by atoms with Crippen LogP contribution >= 0.6 is 11.8 Å². The lowest BCUT2D eigenvalue weighted by Gasteiger charge is -2.12. The Kier molecular flexibility index (Phi) is 2.61. The van der Waals surface area contributed by atoms with Crippen LogP contribution in [0.1, 0.15) is 6.23 Å². The van der Waals surface area contributed by atoms with Gasteiger partial charge in [-0.05, 0) is 0 Å². The summed E-state index contributed by atoms with van der Waals surface area (Å²) in [4.78, 5) is 22.0. The number of hydrogen-bond donors (Lipinski definition) is 2. The fourth-order valence-corrected chi connectivity index (χ4v) is 2.69. The van der Waals surface area contributed by atoms with Gasteiger partial charge in [0.2, 0.25) is 0 Å². The number of nitrogens with one attached hydrogen (secondary N) is 1. The van der Waals surface area contributed by atoms with Gasteiger partial charge in [-0.2, -0.15) is 0 Å². The Bertz CT molecular complexity index is 595. The van der Waals surface area contributed by atoms with Crippen molar-refractivity contribution >= 4 is 22.9 Å². The van der Waals surface area contributed by atoms with Crippen molar-refractivity contribution in [2.24, 2.45) is 0 Å². The van der Waals surface area contributed by atoms with Gasteiger partial charge in [0.15, 0.2) is 11.2 Å². The van der Waals surface area contributed by atoms with Gasteiger partial charge in [-0.15, -0.1) is 11.8 Å². The summed E-state index contributed by atoms with van der Waals surface area (Å²) in [6.45, 7) is -0.0260. The molecule has 0 amide bonds. The molecule has 2 aromatic rings. The number of aromatic amines is 1. The maximum absolute atomic E-state index is 11.5. The van der Waals surface area contributed by atoms with Gasteiger partial charge >= 0.3 is 0 Å². The second-order valence-electron chi connectivity index (χ2n) is 3.59. The second kappa shape index (κ2) is 4.13. The van der Waals surface area contributed by atoms with E-state index in [1.54, 1.807) is 4.57 Å². The quantitative estimate of drug-likeness (QED) is 0.764. The van der Waals surface area contributed by atoms with Gasteiger partial charge < -0.3 is 14.8 Å². The third-order valence-electron chi connectivity index (χ3n) is 2.56. The van der Waals surface area contributed by atoms with Crippen LogP contribution in [-0.2, 0) is 4.74 Å². The third-order valence-corrected chi connectivity index (χ3v) is 3.67. The van der Waals surface area contributed by atoms with Crippen LogP contribution in [0.3, 0.4) is 0 Å². The van der Waals surface area contributed by atoms with Gasteiger partial charge in [-0.25, -0.2) is 9.97 Å². The molecule has 7 nitrogen and oxygen atoms in total. The second-order valence-corrected chi connectivity index (χ2v) is 4.78. The molecule has 1 saturated heterocycles. The van der Waals surface area contributed by atoms with Crippen LogP contribution in [0.25, 0.3) is 11.2 Å². The van der Waals surface area contributed by atoms with E-state index in [0.717, 1.165) is 0 Å². The van der Waals surface area contributed by atoms with Gasteiger partial charge in [-0.3, -0.25) is 9.36 Å². The average Bonchev–Trinajstić information content (AvgIpc) is 2.94. The molecule has 3 rings (SSSR count). The Balaban J connectivity index is 2.02. The molecule has 0 spiro atoms. The number of aliphatic hydroxyl groups is 1. The molecule has 0 bridgehead atoms. The van der Waals surface area contributed by atoms with E-state index in [1.165, 1.54) is 24.4 Å². The summed E-state index contributed by atoms with van der Waals surface area (Å²) in [5.74, 6) is 0.700. The number of fused-ring (bicyclic) bond motifs is 1. The maximum Gasteiger partial charge on any atom is 0.278 e. The van der Waals surface area contributed by atoms with Crippen LogP contribution in [0, 0.1) is 0 Å². The van der Waals surface area contributed by atoms with Gasteiger partial charge in [0.05, 0.1) is 19.3 Å². The molecule has 1 aliphatic rings. The van der Waals surface area contributed by atoms with Crippen LogP contribution in [0.2, 0.25) is 0 Å². The van der Waals surface area contributed by atoms with Crippen molar-refractivity contribution in [1.82, 2.24) is 19.5 Å². The van der Waals surface area contributed by atoms with Crippen molar-refractivity contribution < 1.29 is 9.84 Å². The molecule has 8 heteroatoms. The molecule has 2 N–H and O–H groups in total. The molecular weight excluding hydrogens is 244 g/mol. The molecule has 1 aliphatic heterocycles. The largest absolute Gasteiger partial charge is 0.393 e. The third kappa shape index (κ3) is 1.74. The predicted octanol–water partition coefficient (Wildman–Crippen LogP) is -0.300. The van der Waals surface area contributed by atoms with Crippen molar-refractivity contribution in [3.63, 3.8) is 0 Å². The highest BCUT2D eigenvalue weighted by Gasteiger charge is 2.28. The van der Waals surface area contributed by atoms with E-state index in [-0.39, 0.29) is 23.8 Å². The van der Waals surface area contributed by atoms with Gasteiger partial charge in [0.25, 0.3) is 5.56 Å². The van der Waals surface area contributed by atoms with Crippen LogP contribution < -0.4 is 5.56 Å². The normalized spacial score (nSPS) is 24.5. The standard InChI is InChI=1S/C9H10N4O3S/c14-1-6-16-5(2-17-6)13-4-12-7-8(13)10-3-11-9(7)15/h3-6,14H,1-2H2,(H,10,11,15)/t5-,6+/m0/s1. The SMILES string of the molecule is O=c1[nH]cnc2c1ncn2[C@@H]1CS[C@H](CO)O1. The topological polar surface area (TPSA) is 93.0 Å². The first kappa shape index (κ1) is 10.8. The van der Waals surface area contributed by atoms with Crippen LogP contribution in [0.4, 0.5) is 0 Å². The Morgan fingerprint density at radius 3 is 3.29 bits per heavy atom. The summed E-state index contributed by atoms with van der Waals surface area (Å²) >= 11 is 1.53. The smallest absolute Gasteiger partial charge is 0.278 e. The van der Waals surface area contributed by atoms with E-state index in [1.807, 2.05) is 0 Å². The zero-order valence-corrected chi connectivity index (χ0v) is 9.55. The number of aliphatic hydroxyl groups excluding tert-OH is 1. The van der Waals surface area contributed by atoms with Gasteiger partial charge in [-0.1, -0.05) is 0 Å². The summed E-state index contributed by atoms with van der Waals surface area (Å²) in [7, 11) is 0.